The van der Waals surface area contributed by atoms with E-state index < -0.39 is 0 Å². The molecule has 2 rings (SSSR count). The van der Waals surface area contributed by atoms with Crippen molar-refractivity contribution >= 4 is 11.6 Å². The lowest BCUT2D eigenvalue weighted by atomic mass is 10.1. The second-order valence-corrected chi connectivity index (χ2v) is 4.18. The van der Waals surface area contributed by atoms with Crippen molar-refractivity contribution < 1.29 is 9.90 Å². The Bertz CT molecular complexity index is 566. The van der Waals surface area contributed by atoms with Crippen molar-refractivity contribution in [3.05, 3.63) is 42.0 Å². The minimum absolute atomic E-state index is 0.00500. The highest BCUT2D eigenvalue weighted by molar-refractivity contribution is 5.99. The number of aromatic nitrogens is 2. The van der Waals surface area contributed by atoms with Crippen LogP contribution < -0.4 is 11.1 Å². The Kier molecular flexibility index (Phi) is 3.70. The van der Waals surface area contributed by atoms with E-state index in [0.717, 1.165) is 0 Å². The maximum Gasteiger partial charge on any atom is 0.254 e. The number of phenols is 1. The van der Waals surface area contributed by atoms with Gasteiger partial charge in [0.05, 0.1) is 11.6 Å². The van der Waals surface area contributed by atoms with Crippen LogP contribution in [-0.4, -0.2) is 21.0 Å². The lowest BCUT2D eigenvalue weighted by Gasteiger charge is -2.15. The number of imidazole rings is 1. The fourth-order valence-electron chi connectivity index (χ4n) is 1.81. The van der Waals surface area contributed by atoms with Gasteiger partial charge in [-0.1, -0.05) is 6.92 Å². The van der Waals surface area contributed by atoms with Crippen LogP contribution in [0.25, 0.3) is 0 Å². The molecule has 6 heteroatoms. The Hall–Kier alpha value is -2.50. The summed E-state index contributed by atoms with van der Waals surface area (Å²) in [6.07, 6.45) is 4.03. The summed E-state index contributed by atoms with van der Waals surface area (Å²) in [7, 11) is 0. The number of carbonyl (C=O) groups excluding carboxylic acids is 1. The summed E-state index contributed by atoms with van der Waals surface area (Å²) in [6.45, 7) is 1.94. The summed E-state index contributed by atoms with van der Waals surface area (Å²) >= 11 is 0. The molecule has 1 unspecified atom stereocenters. The third-order valence-corrected chi connectivity index (χ3v) is 2.84. The molecule has 5 N–H and O–H groups in total. The number of rotatable bonds is 4. The van der Waals surface area contributed by atoms with E-state index in [-0.39, 0.29) is 23.3 Å². The number of aromatic hydroxyl groups is 1. The lowest BCUT2D eigenvalue weighted by Crippen LogP contribution is -2.29. The van der Waals surface area contributed by atoms with E-state index in [1.807, 2.05) is 6.92 Å². The van der Waals surface area contributed by atoms with Crippen molar-refractivity contribution in [3.8, 4) is 5.75 Å². The normalized spacial score (nSPS) is 12.1. The molecule has 0 saturated carbocycles. The Morgan fingerprint density at radius 3 is 3.00 bits per heavy atom. The molecule has 100 valence electrons. The number of benzene rings is 1. The van der Waals surface area contributed by atoms with Gasteiger partial charge in [0.25, 0.3) is 5.91 Å². The third kappa shape index (κ3) is 2.85. The lowest BCUT2D eigenvalue weighted by molar-refractivity contribution is 0.0934. The number of H-pyrrole nitrogens is 1. The molecule has 0 spiro atoms. The Morgan fingerprint density at radius 1 is 1.58 bits per heavy atom. The number of aromatic amines is 1. The molecule has 1 aromatic heterocycles. The molecule has 0 saturated heterocycles. The Morgan fingerprint density at radius 2 is 2.37 bits per heavy atom. The van der Waals surface area contributed by atoms with Crippen molar-refractivity contribution in [2.75, 3.05) is 5.73 Å². The summed E-state index contributed by atoms with van der Waals surface area (Å²) in [4.78, 5) is 19.2. The Balaban J connectivity index is 2.18. The van der Waals surface area contributed by atoms with Crippen LogP contribution in [0.3, 0.4) is 0 Å². The van der Waals surface area contributed by atoms with E-state index >= 15 is 0 Å². The number of nitrogens with two attached hydrogens (primary N) is 1. The van der Waals surface area contributed by atoms with Crippen LogP contribution >= 0.6 is 0 Å². The van der Waals surface area contributed by atoms with E-state index in [1.165, 1.54) is 18.2 Å². The fourth-order valence-corrected chi connectivity index (χ4v) is 1.81. The topological polar surface area (TPSA) is 104 Å². The number of amides is 1. The van der Waals surface area contributed by atoms with Crippen LogP contribution in [0, 0.1) is 0 Å². The molecular formula is C13H16N4O2. The van der Waals surface area contributed by atoms with Gasteiger partial charge in [-0.15, -0.1) is 0 Å². The highest BCUT2D eigenvalue weighted by Crippen LogP contribution is 2.20. The van der Waals surface area contributed by atoms with Crippen molar-refractivity contribution in [2.24, 2.45) is 0 Å². The second-order valence-electron chi connectivity index (χ2n) is 4.18. The zero-order valence-corrected chi connectivity index (χ0v) is 10.6. The number of hydrogen-bond acceptors (Lipinski definition) is 4. The van der Waals surface area contributed by atoms with Gasteiger partial charge in [-0.25, -0.2) is 4.98 Å². The number of nitrogen functional groups attached to an aromatic ring is 1. The molecule has 0 aliphatic carbocycles. The molecule has 0 aliphatic rings. The molecule has 0 fully saturated rings. The predicted molar refractivity (Wildman–Crippen MR) is 71.6 cm³/mol. The standard InChI is InChI=1S/C13H16N4O2/c1-2-11(12-15-5-6-16-12)17-13(19)9-7-8(18)3-4-10(9)14/h3-7,11,18H,2,14H2,1H3,(H,15,16)(H,17,19). The highest BCUT2D eigenvalue weighted by Gasteiger charge is 2.17. The van der Waals surface area contributed by atoms with E-state index in [9.17, 15) is 9.90 Å². The number of anilines is 1. The SMILES string of the molecule is CCC(NC(=O)c1cc(O)ccc1N)c1ncc[nH]1. The zero-order chi connectivity index (χ0) is 13.8. The largest absolute Gasteiger partial charge is 0.508 e. The summed E-state index contributed by atoms with van der Waals surface area (Å²) in [5, 5.41) is 12.2. The molecule has 1 amide bonds. The highest BCUT2D eigenvalue weighted by atomic mass is 16.3. The van der Waals surface area contributed by atoms with Crippen LogP contribution in [-0.2, 0) is 0 Å². The van der Waals surface area contributed by atoms with Gasteiger partial charge >= 0.3 is 0 Å². The van der Waals surface area contributed by atoms with E-state index in [4.69, 9.17) is 5.73 Å². The fraction of sp³-hybridized carbons (Fsp3) is 0.231. The predicted octanol–water partition coefficient (Wildman–Crippen LogP) is 1.58. The van der Waals surface area contributed by atoms with Gasteiger partial charge in [-0.2, -0.15) is 0 Å². The van der Waals surface area contributed by atoms with E-state index in [1.54, 1.807) is 12.4 Å². The van der Waals surface area contributed by atoms with Gasteiger partial charge in [-0.05, 0) is 24.6 Å². The van der Waals surface area contributed by atoms with Gasteiger partial charge in [-0.3, -0.25) is 4.79 Å². The summed E-state index contributed by atoms with van der Waals surface area (Å²) < 4.78 is 0. The minimum atomic E-state index is -0.336. The van der Waals surface area contributed by atoms with E-state index in [0.29, 0.717) is 17.9 Å². The van der Waals surface area contributed by atoms with Gasteiger partial charge in [0.15, 0.2) is 0 Å². The van der Waals surface area contributed by atoms with Crippen LogP contribution in [0.5, 0.6) is 5.75 Å². The van der Waals surface area contributed by atoms with Crippen molar-refractivity contribution in [1.29, 1.82) is 0 Å². The molecule has 0 bridgehead atoms. The molecule has 1 heterocycles. The van der Waals surface area contributed by atoms with Crippen LogP contribution in [0.1, 0.15) is 35.6 Å². The van der Waals surface area contributed by atoms with Gasteiger partial charge in [0.2, 0.25) is 0 Å². The van der Waals surface area contributed by atoms with Gasteiger partial charge in [0, 0.05) is 18.1 Å². The van der Waals surface area contributed by atoms with Crippen molar-refractivity contribution in [1.82, 2.24) is 15.3 Å². The van der Waals surface area contributed by atoms with Crippen molar-refractivity contribution in [3.63, 3.8) is 0 Å². The first kappa shape index (κ1) is 12.9. The first-order valence-corrected chi connectivity index (χ1v) is 6.00. The number of hydrogen-bond donors (Lipinski definition) is 4. The second kappa shape index (κ2) is 5.43. The molecule has 19 heavy (non-hydrogen) atoms. The minimum Gasteiger partial charge on any atom is -0.508 e. The number of phenolic OH excluding ortho intramolecular Hbond substituents is 1. The van der Waals surface area contributed by atoms with Gasteiger partial charge < -0.3 is 21.1 Å². The zero-order valence-electron chi connectivity index (χ0n) is 10.6. The third-order valence-electron chi connectivity index (χ3n) is 2.84. The van der Waals surface area contributed by atoms with Crippen LogP contribution in [0.15, 0.2) is 30.6 Å². The van der Waals surface area contributed by atoms with Crippen LogP contribution in [0.2, 0.25) is 0 Å². The molecule has 1 atom stereocenters. The maximum atomic E-state index is 12.1. The molecule has 2 aromatic rings. The molecule has 0 radical (unpaired) electrons. The number of carbonyl (C=O) groups is 1. The smallest absolute Gasteiger partial charge is 0.254 e. The molecule has 1 aromatic carbocycles. The first-order chi connectivity index (χ1) is 9.11. The maximum absolute atomic E-state index is 12.1. The van der Waals surface area contributed by atoms with Crippen molar-refractivity contribution in [2.45, 2.75) is 19.4 Å². The molecular weight excluding hydrogens is 244 g/mol. The van der Waals surface area contributed by atoms with Crippen LogP contribution in [0.4, 0.5) is 5.69 Å². The number of nitrogens with one attached hydrogen (secondary N) is 2. The quantitative estimate of drug-likeness (QED) is 0.495. The summed E-state index contributed by atoms with van der Waals surface area (Å²) in [6, 6.07) is 4.07. The monoisotopic (exact) mass is 260 g/mol. The average molecular weight is 260 g/mol. The average Bonchev–Trinajstić information content (AvgIpc) is 2.92. The first-order valence-electron chi connectivity index (χ1n) is 6.00. The van der Waals surface area contributed by atoms with Gasteiger partial charge in [0.1, 0.15) is 11.6 Å². The molecule has 6 nitrogen and oxygen atoms in total. The Labute approximate surface area is 110 Å². The number of nitrogens with zero attached hydrogens (tertiary/aromatic N) is 1. The molecule has 0 aliphatic heterocycles. The summed E-state index contributed by atoms with van der Waals surface area (Å²) in [5.74, 6) is 0.358. The summed E-state index contributed by atoms with van der Waals surface area (Å²) in [5.41, 5.74) is 6.31. The van der Waals surface area contributed by atoms with E-state index in [2.05, 4.69) is 15.3 Å².